The van der Waals surface area contributed by atoms with E-state index in [1.54, 1.807) is 29.2 Å². The van der Waals surface area contributed by atoms with Crippen molar-refractivity contribution >= 4 is 15.9 Å². The van der Waals surface area contributed by atoms with E-state index in [0.29, 0.717) is 13.1 Å². The highest BCUT2D eigenvalue weighted by molar-refractivity contribution is 7.89. The molecule has 2 aromatic rings. The molecule has 1 aromatic heterocycles. The maximum absolute atomic E-state index is 13.1. The highest BCUT2D eigenvalue weighted by Crippen LogP contribution is 2.17. The molecule has 0 radical (unpaired) electrons. The Hall–Kier alpha value is -2.38. The van der Waals surface area contributed by atoms with E-state index in [-0.39, 0.29) is 29.8 Å². The van der Waals surface area contributed by atoms with Gasteiger partial charge >= 0.3 is 0 Å². The van der Waals surface area contributed by atoms with Crippen molar-refractivity contribution in [3.8, 4) is 0 Å². The van der Waals surface area contributed by atoms with Crippen LogP contribution < -0.4 is 0 Å². The third-order valence-electron chi connectivity index (χ3n) is 4.65. The van der Waals surface area contributed by atoms with Gasteiger partial charge in [-0.05, 0) is 37.1 Å². The second kappa shape index (κ2) is 9.89. The Morgan fingerprint density at radius 2 is 1.86 bits per heavy atom. The van der Waals surface area contributed by atoms with Gasteiger partial charge in [0.25, 0.3) is 0 Å². The molecule has 2 rings (SSSR count). The van der Waals surface area contributed by atoms with Gasteiger partial charge in [0.15, 0.2) is 0 Å². The average Bonchev–Trinajstić information content (AvgIpc) is 3.05. The van der Waals surface area contributed by atoms with Gasteiger partial charge in [-0.1, -0.05) is 37.6 Å². The average molecular weight is 418 g/mol. The largest absolute Gasteiger partial charge is 0.353 e. The van der Waals surface area contributed by atoms with Crippen LogP contribution in [0.25, 0.3) is 0 Å². The minimum Gasteiger partial charge on any atom is -0.353 e. The van der Waals surface area contributed by atoms with Crippen LogP contribution in [0.1, 0.15) is 25.1 Å². The summed E-state index contributed by atoms with van der Waals surface area (Å²) in [6, 6.07) is 10.5. The summed E-state index contributed by atoms with van der Waals surface area (Å²) in [5.41, 5.74) is 1.97. The van der Waals surface area contributed by atoms with E-state index in [1.165, 1.54) is 10.4 Å². The van der Waals surface area contributed by atoms with Crippen molar-refractivity contribution in [3.63, 3.8) is 0 Å². The van der Waals surface area contributed by atoms with Crippen LogP contribution in [0.15, 0.2) is 60.1 Å². The lowest BCUT2D eigenvalue weighted by atomic mass is 10.2. The maximum Gasteiger partial charge on any atom is 0.243 e. The Kier molecular flexibility index (Phi) is 7.81. The predicted octanol–water partition coefficient (Wildman–Crippen LogP) is 3.20. The molecule has 0 spiro atoms. The number of rotatable bonds is 10. The van der Waals surface area contributed by atoms with Crippen LogP contribution in [0.4, 0.5) is 0 Å². The molecule has 29 heavy (non-hydrogen) atoms. The quantitative estimate of drug-likeness (QED) is 0.558. The van der Waals surface area contributed by atoms with Crippen LogP contribution in [-0.2, 0) is 28.4 Å². The third-order valence-corrected chi connectivity index (χ3v) is 6.47. The molecule has 0 aliphatic rings. The van der Waals surface area contributed by atoms with Gasteiger partial charge in [0.1, 0.15) is 0 Å². The zero-order chi connectivity index (χ0) is 21.6. The van der Waals surface area contributed by atoms with E-state index < -0.39 is 10.0 Å². The molecule has 0 unspecified atom stereocenters. The van der Waals surface area contributed by atoms with Crippen molar-refractivity contribution in [1.82, 2.24) is 13.8 Å². The maximum atomic E-state index is 13.1. The van der Waals surface area contributed by atoms with Crippen LogP contribution in [0.3, 0.4) is 0 Å². The lowest BCUT2D eigenvalue weighted by Crippen LogP contribution is -2.44. The number of nitrogens with zero attached hydrogens (tertiary/aromatic N) is 3. The van der Waals surface area contributed by atoms with E-state index in [2.05, 4.69) is 6.58 Å². The molecule has 6 nitrogen and oxygen atoms in total. The van der Waals surface area contributed by atoms with Crippen molar-refractivity contribution in [2.24, 2.45) is 13.0 Å². The van der Waals surface area contributed by atoms with E-state index in [1.807, 2.05) is 50.7 Å². The van der Waals surface area contributed by atoms with Gasteiger partial charge < -0.3 is 9.47 Å². The molecule has 0 fully saturated rings. The van der Waals surface area contributed by atoms with E-state index in [4.69, 9.17) is 0 Å². The van der Waals surface area contributed by atoms with Crippen LogP contribution >= 0.6 is 0 Å². The lowest BCUT2D eigenvalue weighted by Gasteiger charge is -2.28. The van der Waals surface area contributed by atoms with E-state index in [0.717, 1.165) is 11.3 Å². The Labute approximate surface area is 174 Å². The van der Waals surface area contributed by atoms with Crippen LogP contribution in [0.2, 0.25) is 0 Å². The first kappa shape index (κ1) is 22.9. The standard InChI is InChI=1S/C22H31N3O3S/c1-6-13-25(29(27,28)21-11-9-19(4)10-12-21)17-22(26)24(15-18(2)3)16-20-8-7-14-23(20)5/h6-12,14,18H,1,13,15-17H2,2-5H3. The summed E-state index contributed by atoms with van der Waals surface area (Å²) in [7, 11) is -1.87. The number of hydrogen-bond acceptors (Lipinski definition) is 3. The molecule has 1 amide bonds. The van der Waals surface area contributed by atoms with Gasteiger partial charge in [0.2, 0.25) is 15.9 Å². The first-order chi connectivity index (χ1) is 13.6. The van der Waals surface area contributed by atoms with E-state index >= 15 is 0 Å². The van der Waals surface area contributed by atoms with Gasteiger partial charge in [0.05, 0.1) is 18.0 Å². The number of amides is 1. The zero-order valence-corrected chi connectivity index (χ0v) is 18.5. The van der Waals surface area contributed by atoms with Crippen LogP contribution in [0, 0.1) is 12.8 Å². The Balaban J connectivity index is 2.25. The SMILES string of the molecule is C=CCN(CC(=O)N(Cc1cccn1C)CC(C)C)S(=O)(=O)c1ccc(C)cc1. The lowest BCUT2D eigenvalue weighted by molar-refractivity contribution is -0.132. The molecule has 0 bridgehead atoms. The number of carbonyl (C=O) groups is 1. The summed E-state index contributed by atoms with van der Waals surface area (Å²) >= 11 is 0. The monoisotopic (exact) mass is 417 g/mol. The molecular weight excluding hydrogens is 386 g/mol. The molecule has 0 atom stereocenters. The fraction of sp³-hybridized carbons (Fsp3) is 0.409. The summed E-state index contributed by atoms with van der Waals surface area (Å²) < 4.78 is 29.3. The highest BCUT2D eigenvalue weighted by atomic mass is 32.2. The minimum absolute atomic E-state index is 0.0711. The molecule has 7 heteroatoms. The molecular formula is C22H31N3O3S. The number of hydrogen-bond donors (Lipinski definition) is 0. The van der Waals surface area contributed by atoms with Crippen LogP contribution in [0.5, 0.6) is 0 Å². The molecule has 0 saturated carbocycles. The Morgan fingerprint density at radius 1 is 1.21 bits per heavy atom. The van der Waals surface area contributed by atoms with Crippen molar-refractivity contribution in [1.29, 1.82) is 0 Å². The van der Waals surface area contributed by atoms with E-state index in [9.17, 15) is 13.2 Å². The third kappa shape index (κ3) is 6.05. The summed E-state index contributed by atoms with van der Waals surface area (Å²) in [4.78, 5) is 15.0. The summed E-state index contributed by atoms with van der Waals surface area (Å²) in [6.07, 6.45) is 3.43. The first-order valence-electron chi connectivity index (χ1n) is 9.70. The van der Waals surface area contributed by atoms with Gasteiger partial charge in [-0.15, -0.1) is 6.58 Å². The first-order valence-corrected chi connectivity index (χ1v) is 11.1. The molecule has 0 aliphatic carbocycles. The number of sulfonamides is 1. The van der Waals surface area contributed by atoms with Crippen molar-refractivity contribution in [3.05, 3.63) is 66.5 Å². The highest BCUT2D eigenvalue weighted by Gasteiger charge is 2.28. The zero-order valence-electron chi connectivity index (χ0n) is 17.7. The predicted molar refractivity (Wildman–Crippen MR) is 116 cm³/mol. The minimum atomic E-state index is -3.80. The number of carbonyl (C=O) groups excluding carboxylic acids is 1. The topological polar surface area (TPSA) is 62.6 Å². The van der Waals surface area contributed by atoms with Gasteiger partial charge in [-0.25, -0.2) is 8.42 Å². The number of aryl methyl sites for hydroxylation is 2. The fourth-order valence-corrected chi connectivity index (χ4v) is 4.41. The second-order valence-corrected chi connectivity index (χ2v) is 9.62. The number of aromatic nitrogens is 1. The van der Waals surface area contributed by atoms with Crippen molar-refractivity contribution in [2.45, 2.75) is 32.2 Å². The summed E-state index contributed by atoms with van der Waals surface area (Å²) in [6.45, 7) is 10.5. The molecule has 0 N–H and O–H groups in total. The van der Waals surface area contributed by atoms with Crippen molar-refractivity contribution < 1.29 is 13.2 Å². The summed E-state index contributed by atoms with van der Waals surface area (Å²) in [5, 5.41) is 0. The second-order valence-electron chi connectivity index (χ2n) is 7.68. The smallest absolute Gasteiger partial charge is 0.243 e. The Morgan fingerprint density at radius 3 is 2.38 bits per heavy atom. The van der Waals surface area contributed by atoms with Gasteiger partial charge in [0, 0.05) is 32.0 Å². The number of benzene rings is 1. The Bertz CT molecular complexity index is 930. The normalized spacial score (nSPS) is 11.8. The van der Waals surface area contributed by atoms with Gasteiger partial charge in [-0.2, -0.15) is 4.31 Å². The van der Waals surface area contributed by atoms with Crippen molar-refractivity contribution in [2.75, 3.05) is 19.6 Å². The van der Waals surface area contributed by atoms with Gasteiger partial charge in [-0.3, -0.25) is 4.79 Å². The molecule has 0 aliphatic heterocycles. The molecule has 0 saturated heterocycles. The van der Waals surface area contributed by atoms with Crippen LogP contribution in [-0.4, -0.2) is 47.7 Å². The fourth-order valence-electron chi connectivity index (χ4n) is 3.05. The molecule has 158 valence electrons. The molecule has 1 aromatic carbocycles. The summed E-state index contributed by atoms with van der Waals surface area (Å²) in [5.74, 6) is 0.0400. The molecule has 1 heterocycles.